The highest BCUT2D eigenvalue weighted by Crippen LogP contribution is 2.21. The fourth-order valence-electron chi connectivity index (χ4n) is 2.01. The molecule has 0 bridgehead atoms. The van der Waals surface area contributed by atoms with Gasteiger partial charge in [-0.3, -0.25) is 0 Å². The Morgan fingerprint density at radius 3 is 2.90 bits per heavy atom. The maximum Gasteiger partial charge on any atom is 0.331 e. The average Bonchev–Trinajstić information content (AvgIpc) is 3.09. The summed E-state index contributed by atoms with van der Waals surface area (Å²) in [7, 11) is 0. The Morgan fingerprint density at radius 2 is 2.30 bits per heavy atom. The Morgan fingerprint density at radius 1 is 1.50 bits per heavy atom. The fraction of sp³-hybridized carbons (Fsp3) is 0.538. The van der Waals surface area contributed by atoms with E-state index in [-0.39, 0.29) is 0 Å². The number of aryl methyl sites for hydroxylation is 2. The third-order valence-electron chi connectivity index (χ3n) is 3.55. The zero-order chi connectivity index (χ0) is 14.6. The maximum atomic E-state index is 11.4. The minimum atomic E-state index is -1.08. The molecule has 2 aromatic rings. The predicted molar refractivity (Wildman–Crippen MR) is 75.7 cm³/mol. The van der Waals surface area contributed by atoms with Crippen LogP contribution in [0.2, 0.25) is 0 Å². The van der Waals surface area contributed by atoms with Crippen LogP contribution in [0, 0.1) is 0 Å². The van der Waals surface area contributed by atoms with Crippen molar-refractivity contribution in [2.75, 3.05) is 0 Å². The zero-order valence-electron chi connectivity index (χ0n) is 11.6. The second kappa shape index (κ2) is 6.13. The van der Waals surface area contributed by atoms with Crippen LogP contribution in [-0.4, -0.2) is 31.3 Å². The SMILES string of the molecule is CCC(C)(C(=O)O)n1nnnc1CCCc1cccs1. The number of thiophene rings is 1. The van der Waals surface area contributed by atoms with E-state index in [9.17, 15) is 9.90 Å². The number of rotatable bonds is 7. The van der Waals surface area contributed by atoms with Crippen LogP contribution in [0.25, 0.3) is 0 Å². The second-order valence-electron chi connectivity index (χ2n) is 4.87. The Hall–Kier alpha value is -1.76. The van der Waals surface area contributed by atoms with Crippen molar-refractivity contribution >= 4 is 17.3 Å². The molecule has 0 aliphatic heterocycles. The normalized spacial score (nSPS) is 14.1. The molecule has 0 amide bonds. The molecule has 0 radical (unpaired) electrons. The largest absolute Gasteiger partial charge is 0.479 e. The van der Waals surface area contributed by atoms with Crippen molar-refractivity contribution < 1.29 is 9.90 Å². The molecule has 0 aliphatic carbocycles. The molecular formula is C13H18N4O2S. The molecule has 2 rings (SSSR count). The first kappa shape index (κ1) is 14.6. The summed E-state index contributed by atoms with van der Waals surface area (Å²) < 4.78 is 1.45. The van der Waals surface area contributed by atoms with Crippen molar-refractivity contribution in [3.05, 3.63) is 28.2 Å². The van der Waals surface area contributed by atoms with Crippen molar-refractivity contribution in [3.8, 4) is 0 Å². The summed E-state index contributed by atoms with van der Waals surface area (Å²) in [6.07, 6.45) is 2.97. The Kier molecular flexibility index (Phi) is 4.49. The highest BCUT2D eigenvalue weighted by Gasteiger charge is 2.36. The summed E-state index contributed by atoms with van der Waals surface area (Å²) in [5, 5.41) is 22.9. The fourth-order valence-corrected chi connectivity index (χ4v) is 2.76. The van der Waals surface area contributed by atoms with E-state index >= 15 is 0 Å². The summed E-state index contributed by atoms with van der Waals surface area (Å²) >= 11 is 1.73. The molecule has 0 saturated carbocycles. The third-order valence-corrected chi connectivity index (χ3v) is 4.49. The highest BCUT2D eigenvalue weighted by atomic mass is 32.1. The standard InChI is InChI=1S/C13H18N4O2S/c1-3-13(2,12(18)19)17-11(14-15-16-17)8-4-6-10-7-5-9-20-10/h5,7,9H,3-4,6,8H2,1-2H3,(H,18,19). The molecule has 1 atom stereocenters. The smallest absolute Gasteiger partial charge is 0.331 e. The zero-order valence-corrected chi connectivity index (χ0v) is 12.4. The Labute approximate surface area is 121 Å². The van der Waals surface area contributed by atoms with Crippen LogP contribution >= 0.6 is 11.3 Å². The van der Waals surface area contributed by atoms with Crippen molar-refractivity contribution in [2.24, 2.45) is 0 Å². The molecule has 2 heterocycles. The lowest BCUT2D eigenvalue weighted by Gasteiger charge is -2.23. The summed E-state index contributed by atoms with van der Waals surface area (Å²) in [5.41, 5.74) is -1.08. The van der Waals surface area contributed by atoms with Gasteiger partial charge in [-0.15, -0.1) is 16.4 Å². The lowest BCUT2D eigenvalue weighted by Crippen LogP contribution is -2.40. The van der Waals surface area contributed by atoms with Crippen molar-refractivity contribution in [1.82, 2.24) is 20.2 Å². The lowest BCUT2D eigenvalue weighted by molar-refractivity contribution is -0.147. The molecule has 0 spiro atoms. The van der Waals surface area contributed by atoms with Crippen LogP contribution in [0.4, 0.5) is 0 Å². The van der Waals surface area contributed by atoms with Crippen molar-refractivity contribution in [2.45, 2.75) is 45.1 Å². The first-order valence-electron chi connectivity index (χ1n) is 6.61. The van der Waals surface area contributed by atoms with Crippen LogP contribution in [0.5, 0.6) is 0 Å². The number of hydrogen-bond donors (Lipinski definition) is 1. The van der Waals surface area contributed by atoms with Gasteiger partial charge in [-0.2, -0.15) is 0 Å². The van der Waals surface area contributed by atoms with Gasteiger partial charge in [0.25, 0.3) is 0 Å². The van der Waals surface area contributed by atoms with E-state index in [2.05, 4.69) is 27.0 Å². The van der Waals surface area contributed by atoms with Gasteiger partial charge in [0.1, 0.15) is 0 Å². The summed E-state index contributed by atoms with van der Waals surface area (Å²) in [4.78, 5) is 12.8. The van der Waals surface area contributed by atoms with Gasteiger partial charge >= 0.3 is 5.97 Å². The number of aromatic nitrogens is 4. The molecule has 0 aromatic carbocycles. The van der Waals surface area contributed by atoms with E-state index in [0.717, 1.165) is 12.8 Å². The monoisotopic (exact) mass is 294 g/mol. The lowest BCUT2D eigenvalue weighted by atomic mass is 9.99. The number of aliphatic carboxylic acids is 1. The van der Waals surface area contributed by atoms with Gasteiger partial charge in [-0.25, -0.2) is 9.48 Å². The molecule has 0 fully saturated rings. The van der Waals surface area contributed by atoms with E-state index < -0.39 is 11.5 Å². The molecule has 1 N–H and O–H groups in total. The average molecular weight is 294 g/mol. The number of hydrogen-bond acceptors (Lipinski definition) is 5. The molecule has 20 heavy (non-hydrogen) atoms. The van der Waals surface area contributed by atoms with E-state index in [1.807, 2.05) is 13.0 Å². The van der Waals surface area contributed by atoms with Gasteiger partial charge in [0, 0.05) is 11.3 Å². The maximum absolute atomic E-state index is 11.4. The summed E-state index contributed by atoms with van der Waals surface area (Å²) in [6.45, 7) is 3.47. The number of carboxylic acid groups (broad SMARTS) is 1. The van der Waals surface area contributed by atoms with E-state index in [4.69, 9.17) is 0 Å². The Bertz CT molecular complexity index is 567. The van der Waals surface area contributed by atoms with Crippen LogP contribution in [-0.2, 0) is 23.2 Å². The molecular weight excluding hydrogens is 276 g/mol. The van der Waals surface area contributed by atoms with Gasteiger partial charge in [0.2, 0.25) is 0 Å². The molecule has 1 unspecified atom stereocenters. The van der Waals surface area contributed by atoms with Crippen molar-refractivity contribution in [1.29, 1.82) is 0 Å². The van der Waals surface area contributed by atoms with E-state index in [1.165, 1.54) is 9.56 Å². The summed E-state index contributed by atoms with van der Waals surface area (Å²) in [6, 6.07) is 4.13. The first-order valence-corrected chi connectivity index (χ1v) is 7.49. The molecule has 6 nitrogen and oxygen atoms in total. The summed E-state index contributed by atoms with van der Waals surface area (Å²) in [5.74, 6) is -0.278. The topological polar surface area (TPSA) is 80.9 Å². The molecule has 2 aromatic heterocycles. The van der Waals surface area contributed by atoms with E-state index in [0.29, 0.717) is 18.7 Å². The first-order chi connectivity index (χ1) is 9.58. The minimum absolute atomic E-state index is 0.436. The van der Waals surface area contributed by atoms with Gasteiger partial charge in [-0.1, -0.05) is 13.0 Å². The molecule has 0 saturated heterocycles. The quantitative estimate of drug-likeness (QED) is 0.846. The number of carbonyl (C=O) groups is 1. The molecule has 108 valence electrons. The van der Waals surface area contributed by atoms with Gasteiger partial charge in [0.05, 0.1) is 0 Å². The second-order valence-corrected chi connectivity index (χ2v) is 5.90. The highest BCUT2D eigenvalue weighted by molar-refractivity contribution is 7.09. The minimum Gasteiger partial charge on any atom is -0.479 e. The van der Waals surface area contributed by atoms with E-state index in [1.54, 1.807) is 18.3 Å². The number of carboxylic acids is 1. The molecule has 7 heteroatoms. The van der Waals surface area contributed by atoms with Crippen molar-refractivity contribution in [3.63, 3.8) is 0 Å². The van der Waals surface area contributed by atoms with Crippen LogP contribution in [0.15, 0.2) is 17.5 Å². The molecule has 0 aliphatic rings. The van der Waals surface area contributed by atoms with Crippen LogP contribution in [0.1, 0.15) is 37.4 Å². The number of nitrogens with zero attached hydrogens (tertiary/aromatic N) is 4. The Balaban J connectivity index is 2.06. The van der Waals surface area contributed by atoms with Crippen LogP contribution in [0.3, 0.4) is 0 Å². The van der Waals surface area contributed by atoms with Gasteiger partial charge < -0.3 is 5.11 Å². The van der Waals surface area contributed by atoms with Gasteiger partial charge in [0.15, 0.2) is 11.4 Å². The third kappa shape index (κ3) is 2.87. The number of tetrazole rings is 1. The van der Waals surface area contributed by atoms with Gasteiger partial charge in [-0.05, 0) is 48.1 Å². The predicted octanol–water partition coefficient (Wildman–Crippen LogP) is 2.12. The van der Waals surface area contributed by atoms with Crippen LogP contribution < -0.4 is 0 Å².